The van der Waals surface area contributed by atoms with E-state index in [1.54, 1.807) is 4.90 Å². The van der Waals surface area contributed by atoms with Gasteiger partial charge in [0.1, 0.15) is 0 Å². The molecule has 5 heteroatoms. The molecule has 1 unspecified atom stereocenters. The molecule has 0 aliphatic heterocycles. The number of hydrogen-bond donors (Lipinski definition) is 0. The molecule has 0 saturated heterocycles. The number of carbonyl (C=O) groups excluding carboxylic acids is 1. The summed E-state index contributed by atoms with van der Waals surface area (Å²) in [5.41, 5.74) is 0.361. The SMILES string of the molecule is CCCCCC(C)N(C(=O)CCC)c1ncc(F)c(CC)n1. The van der Waals surface area contributed by atoms with Crippen molar-refractivity contribution in [1.82, 2.24) is 9.97 Å². The van der Waals surface area contributed by atoms with E-state index in [1.165, 1.54) is 6.20 Å². The summed E-state index contributed by atoms with van der Waals surface area (Å²) < 4.78 is 13.6. The van der Waals surface area contributed by atoms with Crippen LogP contribution in [0.2, 0.25) is 0 Å². The largest absolute Gasteiger partial charge is 0.278 e. The average molecular weight is 309 g/mol. The van der Waals surface area contributed by atoms with Gasteiger partial charge in [-0.1, -0.05) is 40.0 Å². The van der Waals surface area contributed by atoms with Crippen molar-refractivity contribution in [2.45, 2.75) is 78.7 Å². The van der Waals surface area contributed by atoms with Gasteiger partial charge in [0.05, 0.1) is 11.9 Å². The fourth-order valence-corrected chi connectivity index (χ4v) is 2.46. The Labute approximate surface area is 133 Å². The third kappa shape index (κ3) is 5.04. The normalized spacial score (nSPS) is 12.2. The van der Waals surface area contributed by atoms with Gasteiger partial charge in [-0.15, -0.1) is 0 Å². The molecule has 0 spiro atoms. The van der Waals surface area contributed by atoms with Crippen LogP contribution in [0, 0.1) is 5.82 Å². The summed E-state index contributed by atoms with van der Waals surface area (Å²) in [7, 11) is 0. The van der Waals surface area contributed by atoms with Crippen molar-refractivity contribution in [2.24, 2.45) is 0 Å². The van der Waals surface area contributed by atoms with Crippen molar-refractivity contribution in [2.75, 3.05) is 4.90 Å². The van der Waals surface area contributed by atoms with Crippen molar-refractivity contribution in [1.29, 1.82) is 0 Å². The molecule has 0 aliphatic rings. The van der Waals surface area contributed by atoms with Gasteiger partial charge in [-0.3, -0.25) is 9.69 Å². The zero-order valence-electron chi connectivity index (χ0n) is 14.2. The summed E-state index contributed by atoms with van der Waals surface area (Å²) in [6.45, 7) is 7.99. The van der Waals surface area contributed by atoms with Gasteiger partial charge in [-0.2, -0.15) is 0 Å². The van der Waals surface area contributed by atoms with Crippen molar-refractivity contribution in [3.8, 4) is 0 Å². The predicted octanol–water partition coefficient (Wildman–Crippen LogP) is 4.28. The van der Waals surface area contributed by atoms with Crippen LogP contribution in [-0.2, 0) is 11.2 Å². The second-order valence-corrected chi connectivity index (χ2v) is 5.68. The molecule has 22 heavy (non-hydrogen) atoms. The number of anilines is 1. The molecular formula is C17H28FN3O. The quantitative estimate of drug-likeness (QED) is 0.640. The molecule has 0 radical (unpaired) electrons. The number of carbonyl (C=O) groups is 1. The predicted molar refractivity (Wildman–Crippen MR) is 87.4 cm³/mol. The number of aromatic nitrogens is 2. The van der Waals surface area contributed by atoms with Crippen molar-refractivity contribution in [3.05, 3.63) is 17.7 Å². The van der Waals surface area contributed by atoms with Gasteiger partial charge >= 0.3 is 0 Å². The zero-order chi connectivity index (χ0) is 16.5. The molecule has 1 heterocycles. The van der Waals surface area contributed by atoms with E-state index >= 15 is 0 Å². The van der Waals surface area contributed by atoms with E-state index in [-0.39, 0.29) is 11.9 Å². The number of aryl methyl sites for hydroxylation is 1. The summed E-state index contributed by atoms with van der Waals surface area (Å²) in [6, 6.07) is 0.0285. The van der Waals surface area contributed by atoms with Crippen LogP contribution in [0.15, 0.2) is 6.20 Å². The summed E-state index contributed by atoms with van der Waals surface area (Å²) in [5, 5.41) is 0. The van der Waals surface area contributed by atoms with E-state index < -0.39 is 5.82 Å². The van der Waals surface area contributed by atoms with Gasteiger partial charge in [0, 0.05) is 12.5 Å². The van der Waals surface area contributed by atoms with Crippen LogP contribution >= 0.6 is 0 Å². The van der Waals surface area contributed by atoms with Crippen molar-refractivity contribution in [3.63, 3.8) is 0 Å². The zero-order valence-corrected chi connectivity index (χ0v) is 14.2. The fourth-order valence-electron chi connectivity index (χ4n) is 2.46. The summed E-state index contributed by atoms with van der Waals surface area (Å²) in [5.74, 6) is -0.0614. The summed E-state index contributed by atoms with van der Waals surface area (Å²) in [4.78, 5) is 22.4. The van der Waals surface area contributed by atoms with Gasteiger partial charge in [-0.05, 0) is 26.2 Å². The Morgan fingerprint density at radius 3 is 2.59 bits per heavy atom. The van der Waals surface area contributed by atoms with Crippen LogP contribution in [0.5, 0.6) is 0 Å². The van der Waals surface area contributed by atoms with Crippen LogP contribution in [-0.4, -0.2) is 21.9 Å². The van der Waals surface area contributed by atoms with E-state index in [2.05, 4.69) is 16.9 Å². The van der Waals surface area contributed by atoms with Crippen molar-refractivity contribution >= 4 is 11.9 Å². The van der Waals surface area contributed by atoms with E-state index in [0.29, 0.717) is 24.5 Å². The lowest BCUT2D eigenvalue weighted by molar-refractivity contribution is -0.119. The second-order valence-electron chi connectivity index (χ2n) is 5.68. The topological polar surface area (TPSA) is 46.1 Å². The molecule has 1 aromatic rings. The Balaban J connectivity index is 3.01. The molecule has 1 aromatic heterocycles. The first-order chi connectivity index (χ1) is 10.5. The highest BCUT2D eigenvalue weighted by molar-refractivity contribution is 5.92. The van der Waals surface area contributed by atoms with Gasteiger partial charge in [0.15, 0.2) is 5.82 Å². The minimum absolute atomic E-state index is 0.0140. The molecule has 124 valence electrons. The molecule has 4 nitrogen and oxygen atoms in total. The lowest BCUT2D eigenvalue weighted by atomic mass is 10.1. The number of nitrogens with zero attached hydrogens (tertiary/aromatic N) is 3. The van der Waals surface area contributed by atoms with Crippen LogP contribution in [0.3, 0.4) is 0 Å². The van der Waals surface area contributed by atoms with E-state index in [0.717, 1.165) is 32.1 Å². The van der Waals surface area contributed by atoms with E-state index in [4.69, 9.17) is 0 Å². The van der Waals surface area contributed by atoms with Crippen LogP contribution in [0.4, 0.5) is 10.3 Å². The van der Waals surface area contributed by atoms with Gasteiger partial charge in [-0.25, -0.2) is 14.4 Å². The molecule has 0 fully saturated rings. The maximum atomic E-state index is 13.6. The maximum Gasteiger partial charge on any atom is 0.232 e. The monoisotopic (exact) mass is 309 g/mol. The molecule has 0 bridgehead atoms. The third-order valence-electron chi connectivity index (χ3n) is 3.75. The Kier molecular flexibility index (Phi) is 7.99. The van der Waals surface area contributed by atoms with E-state index in [9.17, 15) is 9.18 Å². The molecule has 0 aromatic carbocycles. The number of hydrogen-bond acceptors (Lipinski definition) is 3. The Morgan fingerprint density at radius 2 is 2.00 bits per heavy atom. The summed E-state index contributed by atoms with van der Waals surface area (Å²) in [6.07, 6.45) is 7.15. The standard InChI is InChI=1S/C17H28FN3O/c1-5-8-9-11-13(4)21(16(22)10-6-2)17-19-12-14(18)15(7-3)20-17/h12-13H,5-11H2,1-4H3. The fraction of sp³-hybridized carbons (Fsp3) is 0.706. The smallest absolute Gasteiger partial charge is 0.232 e. The third-order valence-corrected chi connectivity index (χ3v) is 3.75. The lowest BCUT2D eigenvalue weighted by Crippen LogP contribution is -2.40. The average Bonchev–Trinajstić information content (AvgIpc) is 2.49. The minimum Gasteiger partial charge on any atom is -0.278 e. The first-order valence-corrected chi connectivity index (χ1v) is 8.38. The second kappa shape index (κ2) is 9.49. The summed E-state index contributed by atoms with van der Waals surface area (Å²) >= 11 is 0. The highest BCUT2D eigenvalue weighted by Gasteiger charge is 2.24. The highest BCUT2D eigenvalue weighted by Crippen LogP contribution is 2.19. The molecule has 0 aliphatic carbocycles. The molecule has 0 N–H and O–H groups in total. The van der Waals surface area contributed by atoms with Crippen LogP contribution < -0.4 is 4.90 Å². The first kappa shape index (κ1) is 18.5. The van der Waals surface area contributed by atoms with E-state index in [1.807, 2.05) is 20.8 Å². The Morgan fingerprint density at radius 1 is 1.27 bits per heavy atom. The number of unbranched alkanes of at least 4 members (excludes halogenated alkanes) is 2. The molecule has 1 atom stereocenters. The first-order valence-electron chi connectivity index (χ1n) is 8.38. The molecule has 1 rings (SSSR count). The number of rotatable bonds is 9. The van der Waals surface area contributed by atoms with Crippen molar-refractivity contribution < 1.29 is 9.18 Å². The number of amides is 1. The Bertz CT molecular complexity index is 479. The van der Waals surface area contributed by atoms with Gasteiger partial charge in [0.25, 0.3) is 0 Å². The lowest BCUT2D eigenvalue weighted by Gasteiger charge is -2.27. The molecule has 0 saturated carbocycles. The highest BCUT2D eigenvalue weighted by atomic mass is 19.1. The van der Waals surface area contributed by atoms with Gasteiger partial charge in [0.2, 0.25) is 11.9 Å². The minimum atomic E-state index is -0.409. The van der Waals surface area contributed by atoms with Gasteiger partial charge < -0.3 is 0 Å². The van der Waals surface area contributed by atoms with Crippen LogP contribution in [0.1, 0.15) is 71.9 Å². The van der Waals surface area contributed by atoms with Crippen LogP contribution in [0.25, 0.3) is 0 Å². The molecule has 1 amide bonds. The number of halogens is 1. The molecular weight excluding hydrogens is 281 g/mol. The maximum absolute atomic E-state index is 13.6. The Hall–Kier alpha value is -1.52.